The van der Waals surface area contributed by atoms with Crippen LogP contribution >= 0.6 is 12.4 Å². The standard InChI is InChI=1S/C14H24N2O4.ClH/c1-10-7-16(8-11(2)20-10)13(17)9-15-6-4-3-5-12(15)14(18)19;/h10-12H,3-9H2,1-2H3,(H,18,19);1H. The molecule has 0 bridgehead atoms. The van der Waals surface area contributed by atoms with Gasteiger partial charge < -0.3 is 14.7 Å². The van der Waals surface area contributed by atoms with E-state index in [1.807, 2.05) is 13.8 Å². The van der Waals surface area contributed by atoms with Gasteiger partial charge in [0, 0.05) is 13.1 Å². The van der Waals surface area contributed by atoms with Gasteiger partial charge in [-0.2, -0.15) is 0 Å². The number of nitrogens with zero attached hydrogens (tertiary/aromatic N) is 2. The summed E-state index contributed by atoms with van der Waals surface area (Å²) in [7, 11) is 0. The number of halogens is 1. The summed E-state index contributed by atoms with van der Waals surface area (Å²) >= 11 is 0. The topological polar surface area (TPSA) is 70.1 Å². The van der Waals surface area contributed by atoms with Gasteiger partial charge >= 0.3 is 5.97 Å². The minimum absolute atomic E-state index is 0. The molecule has 0 radical (unpaired) electrons. The lowest BCUT2D eigenvalue weighted by atomic mass is 10.0. The number of hydrogen-bond acceptors (Lipinski definition) is 4. The van der Waals surface area contributed by atoms with E-state index in [9.17, 15) is 14.7 Å². The number of aliphatic carboxylic acids is 1. The number of likely N-dealkylation sites (tertiary alicyclic amines) is 1. The summed E-state index contributed by atoms with van der Waals surface area (Å²) in [5.74, 6) is -0.804. The molecule has 3 atom stereocenters. The van der Waals surface area contributed by atoms with Crippen LogP contribution in [0.4, 0.5) is 0 Å². The van der Waals surface area contributed by atoms with Crippen LogP contribution in [0.15, 0.2) is 0 Å². The fraction of sp³-hybridized carbons (Fsp3) is 0.857. The normalized spacial score (nSPS) is 30.6. The van der Waals surface area contributed by atoms with Crippen molar-refractivity contribution in [3.8, 4) is 0 Å². The Labute approximate surface area is 131 Å². The van der Waals surface area contributed by atoms with E-state index in [0.29, 0.717) is 26.1 Å². The average molecular weight is 321 g/mol. The zero-order valence-corrected chi connectivity index (χ0v) is 13.5. The third-order valence-electron chi connectivity index (χ3n) is 4.01. The van der Waals surface area contributed by atoms with Crippen LogP contribution in [0, 0.1) is 0 Å². The molecule has 1 N–H and O–H groups in total. The Balaban J connectivity index is 0.00000220. The molecule has 0 aromatic heterocycles. The molecule has 2 saturated heterocycles. The Bertz CT molecular complexity index is 370. The summed E-state index contributed by atoms with van der Waals surface area (Å²) in [4.78, 5) is 27.2. The van der Waals surface area contributed by atoms with Crippen molar-refractivity contribution >= 4 is 24.3 Å². The highest BCUT2D eigenvalue weighted by molar-refractivity contribution is 5.85. The van der Waals surface area contributed by atoms with Crippen LogP contribution in [-0.2, 0) is 14.3 Å². The van der Waals surface area contributed by atoms with Gasteiger partial charge in [0.05, 0.1) is 18.8 Å². The first kappa shape index (κ1) is 18.2. The Morgan fingerprint density at radius 3 is 2.38 bits per heavy atom. The molecule has 2 fully saturated rings. The molecule has 2 aliphatic heterocycles. The van der Waals surface area contributed by atoms with E-state index in [0.717, 1.165) is 12.8 Å². The quantitative estimate of drug-likeness (QED) is 0.839. The van der Waals surface area contributed by atoms with Crippen LogP contribution in [0.3, 0.4) is 0 Å². The summed E-state index contributed by atoms with van der Waals surface area (Å²) in [6.07, 6.45) is 2.61. The Morgan fingerprint density at radius 1 is 1.19 bits per heavy atom. The van der Waals surface area contributed by atoms with Crippen molar-refractivity contribution in [3.05, 3.63) is 0 Å². The number of ether oxygens (including phenoxy) is 1. The maximum Gasteiger partial charge on any atom is 0.320 e. The molecule has 1 amide bonds. The summed E-state index contributed by atoms with van der Waals surface area (Å²) in [6, 6.07) is -0.511. The van der Waals surface area contributed by atoms with E-state index in [1.165, 1.54) is 0 Å². The van der Waals surface area contributed by atoms with Gasteiger partial charge in [-0.15, -0.1) is 12.4 Å². The first-order valence-corrected chi connectivity index (χ1v) is 7.37. The zero-order valence-electron chi connectivity index (χ0n) is 12.7. The lowest BCUT2D eigenvalue weighted by molar-refractivity contribution is -0.150. The predicted octanol–water partition coefficient (Wildman–Crippen LogP) is 0.983. The van der Waals surface area contributed by atoms with Gasteiger partial charge in [-0.25, -0.2) is 0 Å². The van der Waals surface area contributed by atoms with Crippen molar-refractivity contribution in [3.63, 3.8) is 0 Å². The van der Waals surface area contributed by atoms with Crippen molar-refractivity contribution in [1.29, 1.82) is 0 Å². The Morgan fingerprint density at radius 2 is 1.81 bits per heavy atom. The summed E-state index contributed by atoms with van der Waals surface area (Å²) in [5, 5.41) is 9.23. The molecule has 2 aliphatic rings. The molecule has 122 valence electrons. The van der Waals surface area contributed by atoms with Gasteiger partial charge in [-0.3, -0.25) is 14.5 Å². The van der Waals surface area contributed by atoms with Crippen LogP contribution in [0.1, 0.15) is 33.1 Å². The molecule has 0 spiro atoms. The van der Waals surface area contributed by atoms with Crippen LogP contribution < -0.4 is 0 Å². The third kappa shape index (κ3) is 4.83. The summed E-state index contributed by atoms with van der Waals surface area (Å²) in [6.45, 7) is 5.99. The largest absolute Gasteiger partial charge is 0.480 e. The molecule has 7 heteroatoms. The number of hydrogen-bond donors (Lipinski definition) is 1. The smallest absolute Gasteiger partial charge is 0.320 e. The number of amides is 1. The van der Waals surface area contributed by atoms with Crippen molar-refractivity contribution in [2.45, 2.75) is 51.4 Å². The number of carbonyl (C=O) groups excluding carboxylic acids is 1. The van der Waals surface area contributed by atoms with Gasteiger partial charge in [0.2, 0.25) is 5.91 Å². The number of rotatable bonds is 3. The SMILES string of the molecule is CC1CN(C(=O)CN2CCCCC2C(=O)O)CC(C)O1.Cl. The summed E-state index contributed by atoms with van der Waals surface area (Å²) in [5.41, 5.74) is 0. The predicted molar refractivity (Wildman–Crippen MR) is 80.7 cm³/mol. The van der Waals surface area contributed by atoms with Crippen molar-refractivity contribution in [2.75, 3.05) is 26.2 Å². The number of carboxylic acids is 1. The van der Waals surface area contributed by atoms with Crippen LogP contribution in [-0.4, -0.2) is 71.2 Å². The molecule has 0 aromatic rings. The second kappa shape index (κ2) is 7.96. The molecule has 21 heavy (non-hydrogen) atoms. The van der Waals surface area contributed by atoms with E-state index in [1.54, 1.807) is 9.80 Å². The second-order valence-electron chi connectivity index (χ2n) is 5.88. The highest BCUT2D eigenvalue weighted by Crippen LogP contribution is 2.18. The van der Waals surface area contributed by atoms with Crippen molar-refractivity contribution < 1.29 is 19.4 Å². The van der Waals surface area contributed by atoms with Crippen molar-refractivity contribution in [2.24, 2.45) is 0 Å². The Kier molecular flexibility index (Phi) is 6.90. The molecule has 0 saturated carbocycles. The highest BCUT2D eigenvalue weighted by atomic mass is 35.5. The summed E-state index contributed by atoms with van der Waals surface area (Å²) < 4.78 is 5.61. The molecule has 0 aromatic carbocycles. The molecule has 3 unspecified atom stereocenters. The fourth-order valence-corrected chi connectivity index (χ4v) is 3.12. The van der Waals surface area contributed by atoms with Gasteiger partial charge in [-0.05, 0) is 33.2 Å². The molecular weight excluding hydrogens is 296 g/mol. The second-order valence-corrected chi connectivity index (χ2v) is 5.88. The van der Waals surface area contributed by atoms with Gasteiger partial charge in [0.15, 0.2) is 0 Å². The Hall–Kier alpha value is -0.850. The van der Waals surface area contributed by atoms with Gasteiger partial charge in [-0.1, -0.05) is 6.42 Å². The van der Waals surface area contributed by atoms with Gasteiger partial charge in [0.25, 0.3) is 0 Å². The first-order valence-electron chi connectivity index (χ1n) is 7.37. The maximum absolute atomic E-state index is 12.4. The van der Waals surface area contributed by atoms with Crippen LogP contribution in [0.2, 0.25) is 0 Å². The van der Waals surface area contributed by atoms with Gasteiger partial charge in [0.1, 0.15) is 6.04 Å². The minimum Gasteiger partial charge on any atom is -0.480 e. The first-order chi connectivity index (χ1) is 9.47. The number of carbonyl (C=O) groups is 2. The van der Waals surface area contributed by atoms with E-state index in [2.05, 4.69) is 0 Å². The average Bonchev–Trinajstić information content (AvgIpc) is 2.37. The molecule has 2 rings (SSSR count). The van der Waals surface area contributed by atoms with E-state index in [4.69, 9.17) is 4.74 Å². The molecule has 2 heterocycles. The zero-order chi connectivity index (χ0) is 14.7. The van der Waals surface area contributed by atoms with Crippen molar-refractivity contribution in [1.82, 2.24) is 9.80 Å². The molecular formula is C14H25ClN2O4. The van der Waals surface area contributed by atoms with E-state index < -0.39 is 12.0 Å². The van der Waals surface area contributed by atoms with E-state index in [-0.39, 0.29) is 37.1 Å². The number of piperidine rings is 1. The lowest BCUT2D eigenvalue weighted by Crippen LogP contribution is -2.54. The minimum atomic E-state index is -0.818. The monoisotopic (exact) mass is 320 g/mol. The van der Waals surface area contributed by atoms with Crippen LogP contribution in [0.25, 0.3) is 0 Å². The third-order valence-corrected chi connectivity index (χ3v) is 4.01. The lowest BCUT2D eigenvalue weighted by Gasteiger charge is -2.38. The molecule has 0 aliphatic carbocycles. The maximum atomic E-state index is 12.4. The van der Waals surface area contributed by atoms with Crippen LogP contribution in [0.5, 0.6) is 0 Å². The molecule has 6 nitrogen and oxygen atoms in total. The number of morpholine rings is 1. The van der Waals surface area contributed by atoms with E-state index >= 15 is 0 Å². The highest BCUT2D eigenvalue weighted by Gasteiger charge is 2.32. The fourth-order valence-electron chi connectivity index (χ4n) is 3.12. The number of carboxylic acid groups (broad SMARTS) is 1.